The topological polar surface area (TPSA) is 40.0 Å². The van der Waals surface area contributed by atoms with Crippen LogP contribution >= 0.6 is 0 Å². The molecule has 0 unspecified atom stereocenters. The Morgan fingerprint density at radius 3 is 2.28 bits per heavy atom. The van der Waals surface area contributed by atoms with E-state index in [2.05, 4.69) is 5.16 Å². The summed E-state index contributed by atoms with van der Waals surface area (Å²) < 4.78 is 10.7. The summed E-state index contributed by atoms with van der Waals surface area (Å²) in [6, 6.07) is 9.89. The first-order chi connectivity index (χ1) is 8.77. The van der Waals surface area contributed by atoms with Gasteiger partial charge in [0.25, 0.3) is 0 Å². The van der Waals surface area contributed by atoms with E-state index in [-0.39, 0.29) is 6.29 Å². The summed E-state index contributed by atoms with van der Waals surface area (Å²) in [6.45, 7) is 7.23. The number of hydrogen-bond acceptors (Lipinski definition) is 4. The highest BCUT2D eigenvalue weighted by Gasteiger charge is 2.08. The van der Waals surface area contributed by atoms with Crippen LogP contribution in [0.3, 0.4) is 0 Å². The molecule has 1 aromatic rings. The molecule has 4 heteroatoms. The Bertz CT molecular complexity index is 345. The summed E-state index contributed by atoms with van der Waals surface area (Å²) >= 11 is 0. The van der Waals surface area contributed by atoms with E-state index in [1.54, 1.807) is 0 Å². The third-order valence-electron chi connectivity index (χ3n) is 2.31. The Morgan fingerprint density at radius 1 is 1.11 bits per heavy atom. The normalized spacial score (nSPS) is 11.9. The number of benzene rings is 1. The van der Waals surface area contributed by atoms with Gasteiger partial charge in [-0.2, -0.15) is 0 Å². The Kier molecular flexibility index (Phi) is 7.06. The Hall–Kier alpha value is -1.39. The van der Waals surface area contributed by atoms with E-state index >= 15 is 0 Å². The summed E-state index contributed by atoms with van der Waals surface area (Å²) in [5.41, 5.74) is 1.88. The lowest BCUT2D eigenvalue weighted by Gasteiger charge is -2.15. The fourth-order valence-electron chi connectivity index (χ4n) is 1.44. The van der Waals surface area contributed by atoms with Gasteiger partial charge in [-0.25, -0.2) is 0 Å². The third kappa shape index (κ3) is 5.29. The maximum absolute atomic E-state index is 5.35. The molecule has 0 aliphatic rings. The van der Waals surface area contributed by atoms with Crippen LogP contribution in [0.5, 0.6) is 0 Å². The van der Waals surface area contributed by atoms with Crippen molar-refractivity contribution in [1.29, 1.82) is 0 Å². The van der Waals surface area contributed by atoms with Crippen LogP contribution in [0, 0.1) is 0 Å². The Labute approximate surface area is 109 Å². The minimum absolute atomic E-state index is 0.297. The van der Waals surface area contributed by atoms with Gasteiger partial charge in [0.2, 0.25) is 0 Å². The zero-order valence-corrected chi connectivity index (χ0v) is 11.3. The molecule has 100 valence electrons. The molecule has 0 saturated carbocycles. The molecule has 0 aliphatic heterocycles. The van der Waals surface area contributed by atoms with Gasteiger partial charge in [-0.1, -0.05) is 35.5 Å². The molecule has 0 spiro atoms. The Balaban J connectivity index is 2.43. The van der Waals surface area contributed by atoms with Gasteiger partial charge >= 0.3 is 0 Å². The van der Waals surface area contributed by atoms with Crippen molar-refractivity contribution in [2.45, 2.75) is 27.1 Å². The van der Waals surface area contributed by atoms with Crippen molar-refractivity contribution in [2.75, 3.05) is 19.8 Å². The van der Waals surface area contributed by atoms with Gasteiger partial charge < -0.3 is 14.3 Å². The van der Waals surface area contributed by atoms with Gasteiger partial charge in [-0.15, -0.1) is 0 Å². The fourth-order valence-corrected chi connectivity index (χ4v) is 1.44. The molecule has 0 N–H and O–H groups in total. The van der Waals surface area contributed by atoms with Crippen LogP contribution in [0.4, 0.5) is 0 Å². The standard InChI is InChI=1S/C14H21NO3/c1-4-16-14(17-5-2)11-18-15-12(3)13-9-7-6-8-10-13/h6-10,14H,4-5,11H2,1-3H3/b15-12+. The molecule has 0 atom stereocenters. The number of ether oxygens (including phenoxy) is 2. The summed E-state index contributed by atoms with van der Waals surface area (Å²) in [7, 11) is 0. The van der Waals surface area contributed by atoms with Gasteiger partial charge in [0, 0.05) is 13.2 Å². The minimum atomic E-state index is -0.354. The molecular formula is C14H21NO3. The zero-order chi connectivity index (χ0) is 13.2. The molecule has 0 bridgehead atoms. The first kappa shape index (κ1) is 14.7. The predicted molar refractivity (Wildman–Crippen MR) is 71.6 cm³/mol. The smallest absolute Gasteiger partial charge is 0.194 e. The van der Waals surface area contributed by atoms with Crippen molar-refractivity contribution >= 4 is 5.71 Å². The van der Waals surface area contributed by atoms with Crippen LogP contribution in [0.2, 0.25) is 0 Å². The van der Waals surface area contributed by atoms with Crippen LogP contribution in [-0.4, -0.2) is 31.8 Å². The van der Waals surface area contributed by atoms with Crippen LogP contribution in [-0.2, 0) is 14.3 Å². The van der Waals surface area contributed by atoms with E-state index in [9.17, 15) is 0 Å². The van der Waals surface area contributed by atoms with Crippen LogP contribution in [0.15, 0.2) is 35.5 Å². The van der Waals surface area contributed by atoms with Crippen molar-refractivity contribution in [2.24, 2.45) is 5.16 Å². The van der Waals surface area contributed by atoms with Gasteiger partial charge in [-0.05, 0) is 26.3 Å². The zero-order valence-electron chi connectivity index (χ0n) is 11.3. The summed E-state index contributed by atoms with van der Waals surface area (Å²) in [6.07, 6.45) is -0.354. The van der Waals surface area contributed by atoms with Crippen molar-refractivity contribution in [3.63, 3.8) is 0 Å². The van der Waals surface area contributed by atoms with Gasteiger partial charge in [0.1, 0.15) is 0 Å². The molecule has 0 aromatic heterocycles. The highest BCUT2D eigenvalue weighted by atomic mass is 16.7. The number of hydrogen-bond donors (Lipinski definition) is 0. The maximum Gasteiger partial charge on any atom is 0.194 e. The van der Waals surface area contributed by atoms with Gasteiger partial charge in [0.05, 0.1) is 5.71 Å². The van der Waals surface area contributed by atoms with Crippen LogP contribution < -0.4 is 0 Å². The summed E-state index contributed by atoms with van der Waals surface area (Å²) in [5, 5.41) is 4.06. The first-order valence-corrected chi connectivity index (χ1v) is 6.23. The van der Waals surface area contributed by atoms with Crippen molar-refractivity contribution in [1.82, 2.24) is 0 Å². The molecular weight excluding hydrogens is 230 g/mol. The molecule has 0 radical (unpaired) electrons. The largest absolute Gasteiger partial charge is 0.390 e. The maximum atomic E-state index is 5.35. The van der Waals surface area contributed by atoms with Crippen molar-refractivity contribution in [3.8, 4) is 0 Å². The molecule has 0 heterocycles. The van der Waals surface area contributed by atoms with E-state index in [1.165, 1.54) is 0 Å². The molecule has 0 fully saturated rings. The average Bonchev–Trinajstić information content (AvgIpc) is 2.40. The van der Waals surface area contributed by atoms with Gasteiger partial charge in [-0.3, -0.25) is 0 Å². The molecule has 4 nitrogen and oxygen atoms in total. The molecule has 0 aliphatic carbocycles. The monoisotopic (exact) mass is 251 g/mol. The van der Waals surface area contributed by atoms with Crippen molar-refractivity contribution in [3.05, 3.63) is 35.9 Å². The van der Waals surface area contributed by atoms with E-state index in [0.29, 0.717) is 19.8 Å². The number of oxime groups is 1. The second-order valence-corrected chi connectivity index (χ2v) is 3.68. The lowest BCUT2D eigenvalue weighted by atomic mass is 10.1. The average molecular weight is 251 g/mol. The molecule has 1 aromatic carbocycles. The highest BCUT2D eigenvalue weighted by Crippen LogP contribution is 2.02. The summed E-state index contributed by atoms with van der Waals surface area (Å²) in [4.78, 5) is 5.26. The third-order valence-corrected chi connectivity index (χ3v) is 2.31. The number of nitrogens with zero attached hydrogens (tertiary/aromatic N) is 1. The second-order valence-electron chi connectivity index (χ2n) is 3.68. The predicted octanol–water partition coefficient (Wildman–Crippen LogP) is 2.83. The van der Waals surface area contributed by atoms with Crippen molar-refractivity contribution < 1.29 is 14.3 Å². The van der Waals surface area contributed by atoms with Gasteiger partial charge in [0.15, 0.2) is 12.9 Å². The van der Waals surface area contributed by atoms with Crippen LogP contribution in [0.25, 0.3) is 0 Å². The van der Waals surface area contributed by atoms with E-state index in [1.807, 2.05) is 51.1 Å². The number of rotatable bonds is 8. The molecule has 0 saturated heterocycles. The SMILES string of the molecule is CCOC(CO/N=C(\C)c1ccccc1)OCC. The lowest BCUT2D eigenvalue weighted by Crippen LogP contribution is -2.22. The fraction of sp³-hybridized carbons (Fsp3) is 0.500. The first-order valence-electron chi connectivity index (χ1n) is 6.23. The summed E-state index contributed by atoms with van der Waals surface area (Å²) in [5.74, 6) is 0. The molecule has 0 amide bonds. The lowest BCUT2D eigenvalue weighted by molar-refractivity contribution is -0.167. The molecule has 1 rings (SSSR count). The molecule has 18 heavy (non-hydrogen) atoms. The minimum Gasteiger partial charge on any atom is -0.390 e. The van der Waals surface area contributed by atoms with E-state index in [4.69, 9.17) is 14.3 Å². The second kappa shape index (κ2) is 8.66. The van der Waals surface area contributed by atoms with E-state index < -0.39 is 0 Å². The van der Waals surface area contributed by atoms with Crippen LogP contribution in [0.1, 0.15) is 26.3 Å². The highest BCUT2D eigenvalue weighted by molar-refractivity contribution is 5.98. The quantitative estimate of drug-likeness (QED) is 0.405. The Morgan fingerprint density at radius 2 is 1.72 bits per heavy atom. The van der Waals surface area contributed by atoms with E-state index in [0.717, 1.165) is 11.3 Å².